The second-order valence-corrected chi connectivity index (χ2v) is 14.9. The molecule has 0 spiro atoms. The van der Waals surface area contributed by atoms with Crippen molar-refractivity contribution in [3.63, 3.8) is 0 Å². The van der Waals surface area contributed by atoms with Crippen molar-refractivity contribution >= 4 is 21.3 Å². The molecule has 0 amide bonds. The molecular weight excluding hydrogens is 613 g/mol. The Morgan fingerprint density at radius 1 is 0.408 bits per heavy atom. The van der Waals surface area contributed by atoms with E-state index in [1.807, 2.05) is 0 Å². The first-order chi connectivity index (χ1) is 24.3. The summed E-state index contributed by atoms with van der Waals surface area (Å²) in [5.74, 6) is 0.374. The summed E-state index contributed by atoms with van der Waals surface area (Å²) in [5.41, 5.74) is 10.2. The molecule has 0 fully saturated rings. The quantitative estimate of drug-likeness (QED) is 0.143. The summed E-state index contributed by atoms with van der Waals surface area (Å²) in [7, 11) is 0.402. The Morgan fingerprint density at radius 2 is 0.776 bits per heavy atom. The maximum Gasteiger partial charge on any atom is 0.297 e. The van der Waals surface area contributed by atoms with Crippen LogP contribution < -0.4 is 0 Å². The lowest BCUT2D eigenvalue weighted by molar-refractivity contribution is 0.325. The topological polar surface area (TPSA) is 32.9 Å². The van der Waals surface area contributed by atoms with Gasteiger partial charge in [-0.05, 0) is 46.5 Å². The molecule has 0 saturated heterocycles. The summed E-state index contributed by atoms with van der Waals surface area (Å²) >= 11 is 0. The SMILES string of the molecule is C1=C[C@@H]2N=C1C(c1ccccc1)[C@@H]1C=CC3[C@H](c4ccccc4)C4=N[C@H](C=C4)C(c4ccccc4)c4ccc(n4[Si]N31)C2c1ccccc1. The predicted molar refractivity (Wildman–Crippen MR) is 200 cm³/mol. The lowest BCUT2D eigenvalue weighted by Crippen LogP contribution is -2.51. The van der Waals surface area contributed by atoms with Crippen molar-refractivity contribution in [1.29, 1.82) is 0 Å². The molecule has 4 unspecified atom stereocenters. The molecule has 0 saturated carbocycles. The maximum atomic E-state index is 5.64. The third kappa shape index (κ3) is 4.75. The molecule has 6 heterocycles. The van der Waals surface area contributed by atoms with Gasteiger partial charge in [0.2, 0.25) is 0 Å². The van der Waals surface area contributed by atoms with Crippen molar-refractivity contribution in [1.82, 2.24) is 8.80 Å². The first-order valence-electron chi connectivity index (χ1n) is 17.5. The molecule has 5 aliphatic heterocycles. The van der Waals surface area contributed by atoms with E-state index in [0.29, 0.717) is 9.84 Å². The number of aromatic nitrogens is 1. The fraction of sp³-hybridized carbons (Fsp3) is 0.182. The smallest absolute Gasteiger partial charge is 0.297 e. The average molecular weight is 649 g/mol. The van der Waals surface area contributed by atoms with Gasteiger partial charge in [-0.3, -0.25) is 14.6 Å². The highest BCUT2D eigenvalue weighted by Crippen LogP contribution is 2.45. The second kappa shape index (κ2) is 11.8. The zero-order valence-corrected chi connectivity index (χ0v) is 28.1. The van der Waals surface area contributed by atoms with Crippen LogP contribution in [0.25, 0.3) is 0 Å². The van der Waals surface area contributed by atoms with Gasteiger partial charge in [-0.25, -0.2) is 0 Å². The molecular formula is C44H36N4Si. The van der Waals surface area contributed by atoms with Gasteiger partial charge in [0.05, 0.1) is 12.1 Å². The number of fused-ring (bicyclic) bond motifs is 2. The summed E-state index contributed by atoms with van der Waals surface area (Å²) in [6, 6.07) is 49.3. The van der Waals surface area contributed by atoms with E-state index in [1.54, 1.807) is 0 Å². The average Bonchev–Trinajstić information content (AvgIpc) is 3.98. The van der Waals surface area contributed by atoms with E-state index in [9.17, 15) is 0 Å². The molecule has 2 radical (unpaired) electrons. The Morgan fingerprint density at radius 3 is 1.16 bits per heavy atom. The number of nitrogens with zero attached hydrogens (tertiary/aromatic N) is 4. The summed E-state index contributed by atoms with van der Waals surface area (Å²) in [4.78, 5) is 11.3. The predicted octanol–water partition coefficient (Wildman–Crippen LogP) is 8.10. The number of rotatable bonds is 4. The number of hydrogen-bond donors (Lipinski definition) is 0. The van der Waals surface area contributed by atoms with Crippen molar-refractivity contribution in [3.05, 3.63) is 204 Å². The van der Waals surface area contributed by atoms with E-state index in [1.165, 1.54) is 45.1 Å². The highest BCUT2D eigenvalue weighted by Gasteiger charge is 2.46. The zero-order chi connectivity index (χ0) is 32.3. The van der Waals surface area contributed by atoms with Crippen LogP contribution in [0.15, 0.2) is 180 Å². The van der Waals surface area contributed by atoms with Crippen LogP contribution in [0.2, 0.25) is 0 Å². The van der Waals surface area contributed by atoms with E-state index in [0.717, 1.165) is 0 Å². The lowest BCUT2D eigenvalue weighted by Gasteiger charge is -2.40. The first kappa shape index (κ1) is 28.9. The first-order valence-corrected chi connectivity index (χ1v) is 18.4. The number of aliphatic imine (C=N–C) groups is 2. The maximum absolute atomic E-state index is 5.64. The van der Waals surface area contributed by atoms with E-state index < -0.39 is 0 Å². The van der Waals surface area contributed by atoms with Gasteiger partial charge >= 0.3 is 0 Å². The number of allylic oxidation sites excluding steroid dienone is 2. The zero-order valence-electron chi connectivity index (χ0n) is 27.1. The minimum Gasteiger partial charge on any atom is -0.360 e. The standard InChI is InChI=1S/C44H36N4Si/c1-5-13-29(14-6-1)41-33-21-22-34(45-33)42(30-15-7-2-8-16-30)39-27-28-40-44(32-19-11-4-12-20-32)36-24-23-35(46-36)43(31-17-9-3-10-18-31)38-26-25-37(41)47(38)49-48(39)40/h1-28,33,35,39-44H/t33-,35+,39-,40?,41?,42?,43?,44+/m0/s1. The molecule has 8 atom stereocenters. The van der Waals surface area contributed by atoms with E-state index in [2.05, 4.69) is 179 Å². The van der Waals surface area contributed by atoms with Gasteiger partial charge in [-0.15, -0.1) is 0 Å². The van der Waals surface area contributed by atoms with E-state index in [-0.39, 0.29) is 47.8 Å². The Labute approximate surface area is 290 Å². The second-order valence-electron chi connectivity index (χ2n) is 13.8. The monoisotopic (exact) mass is 648 g/mol. The van der Waals surface area contributed by atoms with Gasteiger partial charge in [-0.2, -0.15) is 0 Å². The molecule has 236 valence electrons. The third-order valence-corrected chi connectivity index (χ3v) is 12.6. The summed E-state index contributed by atoms with van der Waals surface area (Å²) < 4.78 is 5.47. The van der Waals surface area contributed by atoms with Crippen LogP contribution in [-0.2, 0) is 0 Å². The normalized spacial score (nSPS) is 29.5. The van der Waals surface area contributed by atoms with Gasteiger partial charge in [0, 0.05) is 58.6 Å². The summed E-state index contributed by atoms with van der Waals surface area (Å²) in [6.45, 7) is 0. The van der Waals surface area contributed by atoms with E-state index in [4.69, 9.17) is 9.98 Å². The Balaban J connectivity index is 1.26. The molecule has 5 aromatic rings. The van der Waals surface area contributed by atoms with Crippen LogP contribution in [0.1, 0.15) is 57.3 Å². The van der Waals surface area contributed by atoms with Crippen LogP contribution in [0, 0.1) is 0 Å². The Bertz CT molecular complexity index is 2000. The Kier molecular flexibility index (Phi) is 6.95. The number of hydrogen-bond acceptors (Lipinski definition) is 3. The number of benzene rings is 4. The molecule has 4 nitrogen and oxygen atoms in total. The molecule has 1 aromatic heterocycles. The molecule has 4 aromatic carbocycles. The molecule has 0 N–H and O–H groups in total. The minimum absolute atomic E-state index is 0.0128. The van der Waals surface area contributed by atoms with Crippen molar-refractivity contribution in [2.24, 2.45) is 9.98 Å². The largest absolute Gasteiger partial charge is 0.360 e. The molecule has 0 aliphatic carbocycles. The highest BCUT2D eigenvalue weighted by molar-refractivity contribution is 6.32. The summed E-state index contributed by atoms with van der Waals surface area (Å²) in [5, 5.41) is 0. The highest BCUT2D eigenvalue weighted by atomic mass is 28.2. The van der Waals surface area contributed by atoms with Gasteiger partial charge in [-0.1, -0.05) is 146 Å². The van der Waals surface area contributed by atoms with Gasteiger partial charge in [0.1, 0.15) is 0 Å². The van der Waals surface area contributed by atoms with Crippen LogP contribution in [0.4, 0.5) is 0 Å². The van der Waals surface area contributed by atoms with Crippen molar-refractivity contribution in [2.45, 2.75) is 47.8 Å². The van der Waals surface area contributed by atoms with Crippen molar-refractivity contribution in [2.75, 3.05) is 0 Å². The fourth-order valence-corrected chi connectivity index (χ4v) is 10.6. The van der Waals surface area contributed by atoms with Crippen LogP contribution in [-0.4, -0.2) is 54.2 Å². The molecule has 10 rings (SSSR count). The van der Waals surface area contributed by atoms with Crippen LogP contribution in [0.5, 0.6) is 0 Å². The fourth-order valence-electron chi connectivity index (χ4n) is 8.94. The third-order valence-electron chi connectivity index (χ3n) is 11.1. The van der Waals surface area contributed by atoms with Gasteiger partial charge in [0.15, 0.2) is 0 Å². The lowest BCUT2D eigenvalue weighted by atomic mass is 9.86. The van der Waals surface area contributed by atoms with Crippen molar-refractivity contribution in [3.8, 4) is 0 Å². The van der Waals surface area contributed by atoms with Crippen LogP contribution in [0.3, 0.4) is 0 Å². The van der Waals surface area contributed by atoms with Crippen LogP contribution >= 0.6 is 0 Å². The minimum atomic E-state index is 0.0128. The van der Waals surface area contributed by atoms with Crippen molar-refractivity contribution < 1.29 is 0 Å². The van der Waals surface area contributed by atoms with E-state index >= 15 is 0 Å². The summed E-state index contributed by atoms with van der Waals surface area (Å²) in [6.07, 6.45) is 14.4. The molecule has 5 aliphatic rings. The molecule has 6 bridgehead atoms. The molecule has 49 heavy (non-hydrogen) atoms. The molecule has 5 heteroatoms. The van der Waals surface area contributed by atoms with Gasteiger partial charge < -0.3 is 4.23 Å². The Hall–Kier alpha value is -5.10. The van der Waals surface area contributed by atoms with Gasteiger partial charge in [0.25, 0.3) is 9.84 Å².